The van der Waals surface area contributed by atoms with Crippen molar-refractivity contribution < 1.29 is 0 Å². The highest BCUT2D eigenvalue weighted by Gasteiger charge is 2.30. The molecule has 1 aliphatic rings. The third-order valence-electron chi connectivity index (χ3n) is 2.29. The Labute approximate surface area is 77.9 Å². The van der Waals surface area contributed by atoms with Gasteiger partial charge in [-0.1, -0.05) is 6.92 Å². The van der Waals surface area contributed by atoms with E-state index >= 15 is 0 Å². The number of hydrazone groups is 1. The molecule has 2 unspecified atom stereocenters. The van der Waals surface area contributed by atoms with Crippen LogP contribution in [0.5, 0.6) is 0 Å². The quantitative estimate of drug-likeness (QED) is 0.564. The topological polar surface area (TPSA) is 37.3 Å². The Balaban J connectivity index is 1.83. The predicted octanol–water partition coefficient (Wildman–Crippen LogP) is 2.14. The molecule has 1 aromatic heterocycles. The molecular weight excluding hydrogens is 162 g/mol. The number of nitrogens with one attached hydrogen (secondary N) is 1. The van der Waals surface area contributed by atoms with Crippen LogP contribution in [0.4, 0.5) is 5.69 Å². The standard InChI is InChI=1S/C10H13N3/c1-8-5-9(8)6-12-13-10-3-2-4-11-7-10/h2-4,6-9,13H,5H2,1H3/b12-6+. The lowest BCUT2D eigenvalue weighted by Crippen LogP contribution is -1.90. The van der Waals surface area contributed by atoms with E-state index in [0.717, 1.165) is 11.6 Å². The molecule has 1 saturated carbocycles. The van der Waals surface area contributed by atoms with Gasteiger partial charge in [0.05, 0.1) is 11.9 Å². The van der Waals surface area contributed by atoms with Crippen LogP contribution < -0.4 is 5.43 Å². The van der Waals surface area contributed by atoms with Crippen LogP contribution in [0.15, 0.2) is 29.6 Å². The molecule has 2 rings (SSSR count). The summed E-state index contributed by atoms with van der Waals surface area (Å²) in [7, 11) is 0. The van der Waals surface area contributed by atoms with Gasteiger partial charge in [-0.3, -0.25) is 10.4 Å². The molecule has 0 bridgehead atoms. The number of anilines is 1. The molecule has 13 heavy (non-hydrogen) atoms. The first kappa shape index (κ1) is 8.23. The highest BCUT2D eigenvalue weighted by atomic mass is 15.3. The number of hydrogen-bond acceptors (Lipinski definition) is 3. The van der Waals surface area contributed by atoms with Crippen molar-refractivity contribution in [1.82, 2.24) is 4.98 Å². The van der Waals surface area contributed by atoms with Crippen LogP contribution >= 0.6 is 0 Å². The van der Waals surface area contributed by atoms with E-state index < -0.39 is 0 Å². The molecule has 3 heteroatoms. The largest absolute Gasteiger partial charge is 0.277 e. The second-order valence-electron chi connectivity index (χ2n) is 3.51. The highest BCUT2D eigenvalue weighted by molar-refractivity contribution is 5.65. The van der Waals surface area contributed by atoms with Crippen molar-refractivity contribution in [3.05, 3.63) is 24.5 Å². The molecule has 1 aromatic rings. The summed E-state index contributed by atoms with van der Waals surface area (Å²) < 4.78 is 0. The summed E-state index contributed by atoms with van der Waals surface area (Å²) in [5.41, 5.74) is 3.88. The Kier molecular flexibility index (Phi) is 2.25. The van der Waals surface area contributed by atoms with Gasteiger partial charge in [-0.2, -0.15) is 5.10 Å². The molecule has 2 atom stereocenters. The summed E-state index contributed by atoms with van der Waals surface area (Å²) in [6.07, 6.45) is 6.77. The summed E-state index contributed by atoms with van der Waals surface area (Å²) in [6.45, 7) is 2.24. The van der Waals surface area contributed by atoms with E-state index in [-0.39, 0.29) is 0 Å². The van der Waals surface area contributed by atoms with E-state index in [1.807, 2.05) is 18.3 Å². The van der Waals surface area contributed by atoms with Crippen LogP contribution in [-0.4, -0.2) is 11.2 Å². The maximum atomic E-state index is 4.14. The minimum atomic E-state index is 0.684. The number of rotatable bonds is 3. The van der Waals surface area contributed by atoms with E-state index in [2.05, 4.69) is 22.4 Å². The minimum absolute atomic E-state index is 0.684. The van der Waals surface area contributed by atoms with Crippen LogP contribution in [0.2, 0.25) is 0 Å². The first-order chi connectivity index (χ1) is 6.36. The summed E-state index contributed by atoms with van der Waals surface area (Å²) in [5, 5.41) is 4.14. The van der Waals surface area contributed by atoms with Gasteiger partial charge in [-0.15, -0.1) is 0 Å². The van der Waals surface area contributed by atoms with Gasteiger partial charge in [0, 0.05) is 12.4 Å². The van der Waals surface area contributed by atoms with E-state index in [0.29, 0.717) is 5.92 Å². The molecule has 68 valence electrons. The third kappa shape index (κ3) is 2.28. The normalized spacial score (nSPS) is 26.2. The molecule has 0 spiro atoms. The molecule has 1 heterocycles. The van der Waals surface area contributed by atoms with E-state index in [4.69, 9.17) is 0 Å². The van der Waals surface area contributed by atoms with Crippen molar-refractivity contribution in [1.29, 1.82) is 0 Å². The van der Waals surface area contributed by atoms with Gasteiger partial charge in [0.25, 0.3) is 0 Å². The fourth-order valence-electron chi connectivity index (χ4n) is 1.19. The Hall–Kier alpha value is -1.38. The lowest BCUT2D eigenvalue weighted by molar-refractivity contribution is 0.933. The zero-order chi connectivity index (χ0) is 9.10. The predicted molar refractivity (Wildman–Crippen MR) is 53.6 cm³/mol. The Bertz CT molecular complexity index is 294. The van der Waals surface area contributed by atoms with Crippen molar-refractivity contribution in [3.8, 4) is 0 Å². The smallest absolute Gasteiger partial charge is 0.0744 e. The first-order valence-corrected chi connectivity index (χ1v) is 4.55. The third-order valence-corrected chi connectivity index (χ3v) is 2.29. The molecule has 0 saturated heterocycles. The van der Waals surface area contributed by atoms with Crippen LogP contribution in [0.25, 0.3) is 0 Å². The van der Waals surface area contributed by atoms with Gasteiger partial charge < -0.3 is 0 Å². The van der Waals surface area contributed by atoms with E-state index in [9.17, 15) is 0 Å². The van der Waals surface area contributed by atoms with Crippen LogP contribution in [0.3, 0.4) is 0 Å². The summed E-state index contributed by atoms with van der Waals surface area (Å²) in [4.78, 5) is 3.98. The van der Waals surface area contributed by atoms with Crippen molar-refractivity contribution in [3.63, 3.8) is 0 Å². The summed E-state index contributed by atoms with van der Waals surface area (Å²) in [5.74, 6) is 1.50. The SMILES string of the molecule is CC1CC1/C=N/Nc1cccnc1. The van der Waals surface area contributed by atoms with Gasteiger partial charge in [-0.05, 0) is 30.4 Å². The molecule has 0 radical (unpaired) electrons. The second kappa shape index (κ2) is 3.56. The zero-order valence-corrected chi connectivity index (χ0v) is 7.64. The fraction of sp³-hybridized carbons (Fsp3) is 0.400. The van der Waals surface area contributed by atoms with Gasteiger partial charge in [0.2, 0.25) is 0 Å². The second-order valence-corrected chi connectivity index (χ2v) is 3.51. The lowest BCUT2D eigenvalue weighted by Gasteiger charge is -1.96. The molecule has 1 fully saturated rings. The highest BCUT2D eigenvalue weighted by Crippen LogP contribution is 2.35. The average Bonchev–Trinajstić information content (AvgIpc) is 2.84. The van der Waals surface area contributed by atoms with E-state index in [1.54, 1.807) is 12.4 Å². The Morgan fingerprint density at radius 2 is 2.54 bits per heavy atom. The molecule has 0 amide bonds. The summed E-state index contributed by atoms with van der Waals surface area (Å²) >= 11 is 0. The lowest BCUT2D eigenvalue weighted by atomic mass is 10.4. The van der Waals surface area contributed by atoms with Crippen LogP contribution in [-0.2, 0) is 0 Å². The number of aromatic nitrogens is 1. The van der Waals surface area contributed by atoms with Gasteiger partial charge >= 0.3 is 0 Å². The van der Waals surface area contributed by atoms with Crippen LogP contribution in [0, 0.1) is 11.8 Å². The number of nitrogens with zero attached hydrogens (tertiary/aromatic N) is 2. The fourth-order valence-corrected chi connectivity index (χ4v) is 1.19. The van der Waals surface area contributed by atoms with Crippen molar-refractivity contribution in [2.45, 2.75) is 13.3 Å². The Morgan fingerprint density at radius 3 is 3.15 bits per heavy atom. The molecule has 1 N–H and O–H groups in total. The average molecular weight is 175 g/mol. The monoisotopic (exact) mass is 175 g/mol. The molecule has 0 aliphatic heterocycles. The molecule has 3 nitrogen and oxygen atoms in total. The summed E-state index contributed by atoms with van der Waals surface area (Å²) in [6, 6.07) is 3.83. The zero-order valence-electron chi connectivity index (χ0n) is 7.64. The maximum Gasteiger partial charge on any atom is 0.0744 e. The molecular formula is C10H13N3. The van der Waals surface area contributed by atoms with Crippen molar-refractivity contribution >= 4 is 11.9 Å². The maximum absolute atomic E-state index is 4.14. The van der Waals surface area contributed by atoms with E-state index in [1.165, 1.54) is 6.42 Å². The molecule has 0 aromatic carbocycles. The Morgan fingerprint density at radius 1 is 1.69 bits per heavy atom. The van der Waals surface area contributed by atoms with Gasteiger partial charge in [-0.25, -0.2) is 0 Å². The van der Waals surface area contributed by atoms with Gasteiger partial charge in [0.1, 0.15) is 0 Å². The number of pyridine rings is 1. The molecule has 1 aliphatic carbocycles. The van der Waals surface area contributed by atoms with Crippen molar-refractivity contribution in [2.24, 2.45) is 16.9 Å². The first-order valence-electron chi connectivity index (χ1n) is 4.55. The van der Waals surface area contributed by atoms with Crippen molar-refractivity contribution in [2.75, 3.05) is 5.43 Å². The van der Waals surface area contributed by atoms with Crippen LogP contribution in [0.1, 0.15) is 13.3 Å². The van der Waals surface area contributed by atoms with Gasteiger partial charge in [0.15, 0.2) is 0 Å². The number of hydrogen-bond donors (Lipinski definition) is 1. The minimum Gasteiger partial charge on any atom is -0.277 e.